The number of rotatable bonds is 4. The fourth-order valence-electron chi connectivity index (χ4n) is 1.63. The van der Waals surface area contributed by atoms with Crippen LogP contribution in [0.5, 0.6) is 0 Å². The first-order valence-corrected chi connectivity index (χ1v) is 5.76. The summed E-state index contributed by atoms with van der Waals surface area (Å²) in [5.41, 5.74) is 3.79. The van der Waals surface area contributed by atoms with Crippen molar-refractivity contribution in [3.63, 3.8) is 0 Å². The molecule has 5 heteroatoms. The van der Waals surface area contributed by atoms with Crippen molar-refractivity contribution in [2.45, 2.75) is 0 Å². The number of nitrogens with zero attached hydrogens (tertiary/aromatic N) is 1. The van der Waals surface area contributed by atoms with E-state index in [0.717, 1.165) is 18.8 Å². The van der Waals surface area contributed by atoms with Crippen LogP contribution in [0, 0.1) is 0 Å². The van der Waals surface area contributed by atoms with E-state index in [1.807, 2.05) is 35.3 Å². The molecule has 1 fully saturated rings. The first-order valence-electron chi connectivity index (χ1n) is 5.76. The van der Waals surface area contributed by atoms with Gasteiger partial charge in [0.2, 0.25) is 0 Å². The van der Waals surface area contributed by atoms with Crippen LogP contribution >= 0.6 is 0 Å². The number of hydrogen-bond donors (Lipinski definition) is 2. The Morgan fingerprint density at radius 1 is 1.24 bits per heavy atom. The highest BCUT2D eigenvalue weighted by atomic mass is 16.5. The number of benzene rings is 1. The molecule has 1 amide bonds. The highest BCUT2D eigenvalue weighted by molar-refractivity contribution is 5.80. The normalized spacial score (nSPS) is 16.5. The van der Waals surface area contributed by atoms with Crippen molar-refractivity contribution < 1.29 is 9.53 Å². The number of carbonyl (C=O) groups excluding carboxylic acids is 1. The Kier molecular flexibility index (Phi) is 4.35. The number of carbonyl (C=O) groups is 1. The predicted molar refractivity (Wildman–Crippen MR) is 65.5 cm³/mol. The molecule has 1 heterocycles. The Morgan fingerprint density at radius 2 is 1.94 bits per heavy atom. The summed E-state index contributed by atoms with van der Waals surface area (Å²) in [6, 6.07) is 9.67. The molecule has 0 saturated carbocycles. The average molecular weight is 235 g/mol. The van der Waals surface area contributed by atoms with E-state index in [0.29, 0.717) is 13.2 Å². The Labute approximate surface area is 101 Å². The van der Waals surface area contributed by atoms with E-state index in [1.165, 1.54) is 0 Å². The van der Waals surface area contributed by atoms with Crippen molar-refractivity contribution in [2.75, 3.05) is 38.2 Å². The summed E-state index contributed by atoms with van der Waals surface area (Å²) in [7, 11) is 0. The number of morpholine rings is 1. The van der Waals surface area contributed by atoms with Gasteiger partial charge in [-0.2, -0.15) is 0 Å². The van der Waals surface area contributed by atoms with Gasteiger partial charge in [0.1, 0.15) is 0 Å². The maximum absolute atomic E-state index is 11.6. The lowest BCUT2D eigenvalue weighted by molar-refractivity contribution is -0.126. The standard InChI is InChI=1S/C12H17N3O2/c16-12(14-15-6-8-17-9-7-15)10-13-11-4-2-1-3-5-11/h1-5,13H,6-10H2,(H,14,16). The molecule has 5 nitrogen and oxygen atoms in total. The average Bonchev–Trinajstić information content (AvgIpc) is 2.39. The van der Waals surface area contributed by atoms with Gasteiger partial charge in [0.15, 0.2) is 0 Å². The van der Waals surface area contributed by atoms with Gasteiger partial charge in [0.05, 0.1) is 19.8 Å². The van der Waals surface area contributed by atoms with Crippen LogP contribution in [0.25, 0.3) is 0 Å². The van der Waals surface area contributed by atoms with E-state index in [2.05, 4.69) is 10.7 Å². The molecular weight excluding hydrogens is 218 g/mol. The van der Waals surface area contributed by atoms with Gasteiger partial charge in [-0.05, 0) is 12.1 Å². The second-order valence-corrected chi connectivity index (χ2v) is 3.85. The number of hydrazine groups is 1. The molecule has 17 heavy (non-hydrogen) atoms. The van der Waals surface area contributed by atoms with Crippen LogP contribution in [0.1, 0.15) is 0 Å². The number of hydrogen-bond acceptors (Lipinski definition) is 4. The molecule has 1 aliphatic heterocycles. The first-order chi connectivity index (χ1) is 8.34. The zero-order valence-corrected chi connectivity index (χ0v) is 9.69. The lowest BCUT2D eigenvalue weighted by Crippen LogP contribution is -2.49. The summed E-state index contributed by atoms with van der Waals surface area (Å²) in [6.07, 6.45) is 0. The van der Waals surface area contributed by atoms with Crippen LogP contribution in [0.3, 0.4) is 0 Å². The minimum atomic E-state index is -0.0317. The van der Waals surface area contributed by atoms with E-state index >= 15 is 0 Å². The molecule has 0 atom stereocenters. The summed E-state index contributed by atoms with van der Waals surface area (Å²) in [5, 5.41) is 4.95. The van der Waals surface area contributed by atoms with Gasteiger partial charge in [-0.3, -0.25) is 10.2 Å². The number of anilines is 1. The summed E-state index contributed by atoms with van der Waals surface area (Å²) in [5.74, 6) is -0.0317. The molecule has 1 aliphatic rings. The van der Waals surface area contributed by atoms with E-state index in [4.69, 9.17) is 4.74 Å². The molecular formula is C12H17N3O2. The molecule has 92 valence electrons. The van der Waals surface area contributed by atoms with Gasteiger partial charge in [-0.25, -0.2) is 5.01 Å². The number of amides is 1. The fraction of sp³-hybridized carbons (Fsp3) is 0.417. The third-order valence-corrected chi connectivity index (χ3v) is 2.52. The second-order valence-electron chi connectivity index (χ2n) is 3.85. The Morgan fingerprint density at radius 3 is 2.65 bits per heavy atom. The second kappa shape index (κ2) is 6.22. The molecule has 1 aromatic carbocycles. The topological polar surface area (TPSA) is 53.6 Å². The van der Waals surface area contributed by atoms with Crippen LogP contribution in [0.15, 0.2) is 30.3 Å². The van der Waals surface area contributed by atoms with Crippen LogP contribution in [-0.2, 0) is 9.53 Å². The highest BCUT2D eigenvalue weighted by Gasteiger charge is 2.12. The minimum Gasteiger partial charge on any atom is -0.379 e. The van der Waals surface area contributed by atoms with Crippen molar-refractivity contribution in [1.82, 2.24) is 10.4 Å². The SMILES string of the molecule is O=C(CNc1ccccc1)NN1CCOCC1. The van der Waals surface area contributed by atoms with E-state index in [-0.39, 0.29) is 12.5 Å². The zero-order valence-electron chi connectivity index (χ0n) is 9.69. The van der Waals surface area contributed by atoms with Crippen LogP contribution in [0.4, 0.5) is 5.69 Å². The van der Waals surface area contributed by atoms with E-state index in [1.54, 1.807) is 0 Å². The van der Waals surface area contributed by atoms with Crippen LogP contribution in [-0.4, -0.2) is 43.8 Å². The summed E-state index contributed by atoms with van der Waals surface area (Å²) in [6.45, 7) is 3.12. The molecule has 1 saturated heterocycles. The molecule has 0 unspecified atom stereocenters. The molecule has 2 N–H and O–H groups in total. The van der Waals surface area contributed by atoms with Gasteiger partial charge < -0.3 is 10.1 Å². The van der Waals surface area contributed by atoms with E-state index in [9.17, 15) is 4.79 Å². The molecule has 0 aromatic heterocycles. The van der Waals surface area contributed by atoms with Crippen molar-refractivity contribution in [3.05, 3.63) is 30.3 Å². The molecule has 2 rings (SSSR count). The lowest BCUT2D eigenvalue weighted by Gasteiger charge is -2.26. The molecule has 1 aromatic rings. The highest BCUT2D eigenvalue weighted by Crippen LogP contribution is 2.03. The smallest absolute Gasteiger partial charge is 0.253 e. The van der Waals surface area contributed by atoms with Gasteiger partial charge in [-0.1, -0.05) is 18.2 Å². The van der Waals surface area contributed by atoms with Crippen LogP contribution in [0.2, 0.25) is 0 Å². The maximum atomic E-state index is 11.6. The summed E-state index contributed by atoms with van der Waals surface area (Å²) < 4.78 is 5.20. The monoisotopic (exact) mass is 235 g/mol. The Hall–Kier alpha value is -1.59. The zero-order chi connectivity index (χ0) is 11.9. The molecule has 0 radical (unpaired) electrons. The lowest BCUT2D eigenvalue weighted by atomic mass is 10.3. The quantitative estimate of drug-likeness (QED) is 0.796. The predicted octanol–water partition coefficient (Wildman–Crippen LogP) is 0.462. The first kappa shape index (κ1) is 11.9. The van der Waals surface area contributed by atoms with Crippen molar-refractivity contribution in [2.24, 2.45) is 0 Å². The van der Waals surface area contributed by atoms with Gasteiger partial charge in [0, 0.05) is 18.8 Å². The summed E-state index contributed by atoms with van der Waals surface area (Å²) in [4.78, 5) is 11.6. The largest absolute Gasteiger partial charge is 0.379 e. The van der Waals surface area contributed by atoms with Gasteiger partial charge in [-0.15, -0.1) is 0 Å². The molecule has 0 aliphatic carbocycles. The van der Waals surface area contributed by atoms with Gasteiger partial charge >= 0.3 is 0 Å². The number of ether oxygens (including phenoxy) is 1. The summed E-state index contributed by atoms with van der Waals surface area (Å²) >= 11 is 0. The number of nitrogens with one attached hydrogen (secondary N) is 2. The third kappa shape index (κ3) is 4.05. The van der Waals surface area contributed by atoms with Crippen LogP contribution < -0.4 is 10.7 Å². The Balaban J connectivity index is 1.70. The third-order valence-electron chi connectivity index (χ3n) is 2.52. The van der Waals surface area contributed by atoms with Crippen molar-refractivity contribution >= 4 is 11.6 Å². The van der Waals surface area contributed by atoms with E-state index < -0.39 is 0 Å². The fourth-order valence-corrected chi connectivity index (χ4v) is 1.63. The van der Waals surface area contributed by atoms with Crippen molar-refractivity contribution in [3.8, 4) is 0 Å². The minimum absolute atomic E-state index is 0.0317. The van der Waals surface area contributed by atoms with Gasteiger partial charge in [0.25, 0.3) is 5.91 Å². The Bertz CT molecular complexity index is 350. The van der Waals surface area contributed by atoms with Crippen molar-refractivity contribution in [1.29, 1.82) is 0 Å². The number of para-hydroxylation sites is 1. The molecule has 0 spiro atoms. The molecule has 0 bridgehead atoms. The maximum Gasteiger partial charge on any atom is 0.253 e.